The molecule has 4 heteroatoms. The third-order valence-electron chi connectivity index (χ3n) is 12.2. The predicted molar refractivity (Wildman–Crippen MR) is 268 cm³/mol. The molecule has 4 heterocycles. The van der Waals surface area contributed by atoms with Crippen molar-refractivity contribution < 1.29 is 0 Å². The molecule has 12 rings (SSSR count). The van der Waals surface area contributed by atoms with Crippen molar-refractivity contribution in [1.82, 2.24) is 0 Å². The van der Waals surface area contributed by atoms with Gasteiger partial charge in [0.05, 0.1) is 9.40 Å². The number of fused-ring (bicyclic) bond motifs is 7. The summed E-state index contributed by atoms with van der Waals surface area (Å²) in [6, 6.07) is 63.4. The minimum atomic E-state index is 1.24. The predicted octanol–water partition coefficient (Wildman–Crippen LogP) is 18.3. The van der Waals surface area contributed by atoms with Gasteiger partial charge in [0.15, 0.2) is 0 Å². The standard InChI is InChI=1S/C56H36S4/c1-33-5-3-7-49-53(33)47(31-57-49)41-21-17-37(18-22-41)35-9-13-39(14-10-35)43-25-27-45-51(29-43)59-56-46-28-26-44(30-52(46)60-55(45)56)40-15-11-36(12-16-40)38-19-23-42(24-20-38)48-32-58-50-8-4-6-34(2)54(48)50/h3-32H,1-2H3. The highest BCUT2D eigenvalue weighted by Crippen LogP contribution is 2.46. The van der Waals surface area contributed by atoms with Gasteiger partial charge in [-0.25, -0.2) is 0 Å². The second-order valence-electron chi connectivity index (χ2n) is 15.8. The molecule has 4 aromatic heterocycles. The molecule has 0 saturated carbocycles. The molecule has 0 radical (unpaired) electrons. The molecule has 0 atom stereocenters. The van der Waals surface area contributed by atoms with Gasteiger partial charge in [-0.1, -0.05) is 146 Å². The van der Waals surface area contributed by atoms with Gasteiger partial charge in [-0.15, -0.1) is 45.3 Å². The Kier molecular flexibility index (Phi) is 8.50. The summed E-state index contributed by atoms with van der Waals surface area (Å²) in [7, 11) is 0. The zero-order valence-corrected chi connectivity index (χ0v) is 36.2. The Hall–Kier alpha value is -6.14. The van der Waals surface area contributed by atoms with Crippen molar-refractivity contribution in [2.45, 2.75) is 13.8 Å². The summed E-state index contributed by atoms with van der Waals surface area (Å²) in [5.74, 6) is 0. The van der Waals surface area contributed by atoms with E-state index in [0.717, 1.165) is 0 Å². The zero-order chi connectivity index (χ0) is 39.9. The van der Waals surface area contributed by atoms with Crippen molar-refractivity contribution in [2.24, 2.45) is 0 Å². The minimum Gasteiger partial charge on any atom is -0.143 e. The first-order chi connectivity index (χ1) is 29.5. The highest BCUT2D eigenvalue weighted by molar-refractivity contribution is 7.36. The van der Waals surface area contributed by atoms with Gasteiger partial charge in [0.2, 0.25) is 0 Å². The van der Waals surface area contributed by atoms with E-state index in [1.165, 1.54) is 128 Å². The molecule has 0 unspecified atom stereocenters. The van der Waals surface area contributed by atoms with Crippen molar-refractivity contribution >= 4 is 95.1 Å². The molecule has 0 nitrogen and oxygen atoms in total. The fourth-order valence-corrected chi connectivity index (χ4v) is 13.8. The third kappa shape index (κ3) is 5.97. The number of benzene rings is 8. The first-order valence-electron chi connectivity index (χ1n) is 20.3. The monoisotopic (exact) mass is 836 g/mol. The van der Waals surface area contributed by atoms with E-state index in [9.17, 15) is 0 Å². The number of thiophene rings is 4. The minimum absolute atomic E-state index is 1.24. The van der Waals surface area contributed by atoms with Gasteiger partial charge >= 0.3 is 0 Å². The molecule has 0 N–H and O–H groups in total. The van der Waals surface area contributed by atoms with Gasteiger partial charge in [-0.2, -0.15) is 0 Å². The lowest BCUT2D eigenvalue weighted by Crippen LogP contribution is -1.82. The number of hydrogen-bond donors (Lipinski definition) is 0. The van der Waals surface area contributed by atoms with E-state index >= 15 is 0 Å². The average molecular weight is 837 g/mol. The molecule has 0 aliphatic heterocycles. The topological polar surface area (TPSA) is 0 Å². The second-order valence-corrected chi connectivity index (χ2v) is 19.7. The highest BCUT2D eigenvalue weighted by Gasteiger charge is 2.15. The van der Waals surface area contributed by atoms with Crippen LogP contribution in [0.5, 0.6) is 0 Å². The maximum atomic E-state index is 2.38. The van der Waals surface area contributed by atoms with Crippen molar-refractivity contribution in [2.75, 3.05) is 0 Å². The summed E-state index contributed by atoms with van der Waals surface area (Å²) >= 11 is 7.50. The SMILES string of the molecule is Cc1cccc2scc(-c3ccc(-c4ccc(-c5ccc6c(c5)sc5c7ccc(-c8ccc(-c9ccc(-c%10csc%11cccc(C)c%10%11)cc9)cc8)cc7sc65)cc4)cc3)c12. The molecular weight excluding hydrogens is 801 g/mol. The zero-order valence-electron chi connectivity index (χ0n) is 33.0. The van der Waals surface area contributed by atoms with Crippen molar-refractivity contribution in [3.8, 4) is 66.8 Å². The number of rotatable bonds is 6. The summed E-state index contributed by atoms with van der Waals surface area (Å²) in [4.78, 5) is 0. The third-order valence-corrected chi connectivity index (χ3v) is 16.6. The Balaban J connectivity index is 0.772. The van der Waals surface area contributed by atoms with Gasteiger partial charge in [-0.05, 0) is 116 Å². The molecule has 0 amide bonds. The van der Waals surface area contributed by atoms with Gasteiger partial charge < -0.3 is 0 Å². The molecule has 60 heavy (non-hydrogen) atoms. The number of hydrogen-bond acceptors (Lipinski definition) is 4. The van der Waals surface area contributed by atoms with Crippen LogP contribution in [0, 0.1) is 13.8 Å². The average Bonchev–Trinajstić information content (AvgIpc) is 4.09. The van der Waals surface area contributed by atoms with Crippen LogP contribution >= 0.6 is 45.3 Å². The Morgan fingerprint density at radius 3 is 0.983 bits per heavy atom. The van der Waals surface area contributed by atoms with Gasteiger partial charge in [0.25, 0.3) is 0 Å². The summed E-state index contributed by atoms with van der Waals surface area (Å²) in [5.41, 5.74) is 17.8. The fourth-order valence-electron chi connectivity index (χ4n) is 8.97. The van der Waals surface area contributed by atoms with E-state index in [-0.39, 0.29) is 0 Å². The van der Waals surface area contributed by atoms with Crippen molar-refractivity contribution in [1.29, 1.82) is 0 Å². The normalized spacial score (nSPS) is 11.8. The fraction of sp³-hybridized carbons (Fsp3) is 0.0357. The van der Waals surface area contributed by atoms with E-state index in [1.807, 2.05) is 45.3 Å². The molecule has 284 valence electrons. The smallest absolute Gasteiger partial charge is 0.0542 e. The molecule has 0 saturated heterocycles. The van der Waals surface area contributed by atoms with Crippen LogP contribution in [-0.4, -0.2) is 0 Å². The van der Waals surface area contributed by atoms with Crippen LogP contribution in [0.1, 0.15) is 11.1 Å². The summed E-state index contributed by atoms with van der Waals surface area (Å²) < 4.78 is 8.17. The summed E-state index contributed by atoms with van der Waals surface area (Å²) in [5, 5.41) is 10.0. The van der Waals surface area contributed by atoms with Crippen molar-refractivity contribution in [3.05, 3.63) is 192 Å². The Bertz CT molecular complexity index is 3330. The molecule has 0 spiro atoms. The molecule has 12 aromatic rings. The first kappa shape index (κ1) is 35.8. The molecule has 0 aliphatic rings. The van der Waals surface area contributed by atoms with Gasteiger partial charge in [0.1, 0.15) is 0 Å². The maximum absolute atomic E-state index is 2.38. The van der Waals surface area contributed by atoms with Crippen molar-refractivity contribution in [3.63, 3.8) is 0 Å². The Morgan fingerprint density at radius 1 is 0.300 bits per heavy atom. The van der Waals surface area contributed by atoms with Crippen LogP contribution in [0.4, 0.5) is 0 Å². The molecule has 0 aliphatic carbocycles. The van der Waals surface area contributed by atoms with Gasteiger partial charge in [-0.3, -0.25) is 0 Å². The Morgan fingerprint density at radius 2 is 0.617 bits per heavy atom. The van der Waals surface area contributed by atoms with Crippen LogP contribution in [0.3, 0.4) is 0 Å². The largest absolute Gasteiger partial charge is 0.143 e. The quantitative estimate of drug-likeness (QED) is 0.157. The molecule has 0 bridgehead atoms. The van der Waals surface area contributed by atoms with E-state index < -0.39 is 0 Å². The Labute approximate surface area is 364 Å². The van der Waals surface area contributed by atoms with Crippen LogP contribution < -0.4 is 0 Å². The molecular formula is C56H36S4. The van der Waals surface area contributed by atoms with E-state index in [0.29, 0.717) is 0 Å². The lowest BCUT2D eigenvalue weighted by Gasteiger charge is -2.08. The summed E-state index contributed by atoms with van der Waals surface area (Å²) in [6.45, 7) is 4.42. The van der Waals surface area contributed by atoms with Crippen LogP contribution in [0.25, 0.3) is 117 Å². The van der Waals surface area contributed by atoms with E-state index in [2.05, 4.69) is 194 Å². The van der Waals surface area contributed by atoms with E-state index in [1.54, 1.807) is 0 Å². The highest BCUT2D eigenvalue weighted by atomic mass is 32.1. The molecule has 0 fully saturated rings. The van der Waals surface area contributed by atoms with Gasteiger partial charge in [0, 0.05) is 51.5 Å². The van der Waals surface area contributed by atoms with Crippen LogP contribution in [0.15, 0.2) is 181 Å². The first-order valence-corrected chi connectivity index (χ1v) is 23.7. The lowest BCUT2D eigenvalue weighted by molar-refractivity contribution is 1.54. The van der Waals surface area contributed by atoms with Crippen LogP contribution in [0.2, 0.25) is 0 Å². The molecule has 8 aromatic carbocycles. The number of aryl methyl sites for hydroxylation is 2. The second kappa shape index (κ2) is 14.3. The van der Waals surface area contributed by atoms with E-state index in [4.69, 9.17) is 0 Å². The van der Waals surface area contributed by atoms with Crippen LogP contribution in [-0.2, 0) is 0 Å². The summed E-state index contributed by atoms with van der Waals surface area (Å²) in [6.07, 6.45) is 0. The maximum Gasteiger partial charge on any atom is 0.0542 e. The lowest BCUT2D eigenvalue weighted by atomic mass is 9.97.